The highest BCUT2D eigenvalue weighted by Gasteiger charge is 2.28. The second-order valence-electron chi connectivity index (χ2n) is 9.55. The molecule has 0 radical (unpaired) electrons. The van der Waals surface area contributed by atoms with Gasteiger partial charge in [-0.05, 0) is 50.1 Å². The molecule has 0 spiro atoms. The molecule has 0 unspecified atom stereocenters. The number of nitrogens with zero attached hydrogens (tertiary/aromatic N) is 2. The standard InChI is InChI=1S/C30H33N3O4/c1-3-15-33(22-13-16-32(17-14-22)30(35)21-9-5-4-6-10-21)20-29(34)31-25-19-27-24(18-28(25)36-2)23-11-7-8-12-26(23)37-27/h4-12,18-19,22H,3,13-17,20H2,1-2H3,(H,31,34). The molecule has 1 N–H and O–H groups in total. The first kappa shape index (κ1) is 24.8. The molecule has 1 aliphatic rings. The van der Waals surface area contributed by atoms with Crippen molar-refractivity contribution in [2.24, 2.45) is 0 Å². The van der Waals surface area contributed by atoms with Crippen molar-refractivity contribution in [1.82, 2.24) is 9.80 Å². The first-order valence-corrected chi connectivity index (χ1v) is 12.9. The average Bonchev–Trinajstić information content (AvgIpc) is 3.30. The highest BCUT2D eigenvalue weighted by atomic mass is 16.5. The monoisotopic (exact) mass is 499 g/mol. The largest absolute Gasteiger partial charge is 0.495 e. The summed E-state index contributed by atoms with van der Waals surface area (Å²) in [6, 6.07) is 21.3. The van der Waals surface area contributed by atoms with Crippen LogP contribution in [0.4, 0.5) is 5.69 Å². The Balaban J connectivity index is 1.25. The fraction of sp³-hybridized carbons (Fsp3) is 0.333. The predicted octanol–water partition coefficient (Wildman–Crippen LogP) is 5.55. The van der Waals surface area contributed by atoms with E-state index in [4.69, 9.17) is 9.15 Å². The minimum Gasteiger partial charge on any atom is -0.495 e. The molecule has 1 aromatic heterocycles. The van der Waals surface area contributed by atoms with E-state index in [1.807, 2.05) is 71.6 Å². The van der Waals surface area contributed by atoms with Gasteiger partial charge in [-0.25, -0.2) is 0 Å². The first-order valence-electron chi connectivity index (χ1n) is 12.9. The SMILES string of the molecule is CCCN(CC(=O)Nc1cc2oc3ccccc3c2cc1OC)C1CCN(C(=O)c2ccccc2)CC1. The van der Waals surface area contributed by atoms with Crippen molar-refractivity contribution in [1.29, 1.82) is 0 Å². The third-order valence-corrected chi connectivity index (χ3v) is 7.12. The van der Waals surface area contributed by atoms with Crippen molar-refractivity contribution in [3.8, 4) is 5.75 Å². The van der Waals surface area contributed by atoms with Crippen LogP contribution in [-0.2, 0) is 4.79 Å². The zero-order chi connectivity index (χ0) is 25.8. The highest BCUT2D eigenvalue weighted by molar-refractivity contribution is 6.07. The van der Waals surface area contributed by atoms with E-state index in [9.17, 15) is 9.59 Å². The Labute approximate surface area is 217 Å². The van der Waals surface area contributed by atoms with Crippen LogP contribution in [0.3, 0.4) is 0 Å². The van der Waals surface area contributed by atoms with Gasteiger partial charge in [-0.3, -0.25) is 14.5 Å². The van der Waals surface area contributed by atoms with Gasteiger partial charge in [0, 0.05) is 41.5 Å². The number of methoxy groups -OCH3 is 1. The maximum Gasteiger partial charge on any atom is 0.253 e. The van der Waals surface area contributed by atoms with Gasteiger partial charge in [-0.2, -0.15) is 0 Å². The second-order valence-corrected chi connectivity index (χ2v) is 9.55. The van der Waals surface area contributed by atoms with Crippen molar-refractivity contribution < 1.29 is 18.7 Å². The van der Waals surface area contributed by atoms with E-state index in [0.29, 0.717) is 30.1 Å². The number of likely N-dealkylation sites (tertiary alicyclic amines) is 1. The van der Waals surface area contributed by atoms with E-state index in [2.05, 4.69) is 17.1 Å². The van der Waals surface area contributed by atoms with Crippen molar-refractivity contribution in [3.05, 3.63) is 72.3 Å². The number of carbonyl (C=O) groups is 2. The molecule has 3 aromatic carbocycles. The molecular formula is C30H33N3O4. The number of furan rings is 1. The van der Waals surface area contributed by atoms with E-state index in [0.717, 1.165) is 47.7 Å². The molecule has 7 heteroatoms. The summed E-state index contributed by atoms with van der Waals surface area (Å²) in [4.78, 5) is 30.2. The Morgan fingerprint density at radius 2 is 1.73 bits per heavy atom. The summed E-state index contributed by atoms with van der Waals surface area (Å²) in [5, 5.41) is 5.01. The molecule has 0 bridgehead atoms. The Hall–Kier alpha value is -3.84. The molecule has 2 heterocycles. The molecule has 4 aromatic rings. The molecule has 0 aliphatic carbocycles. The molecule has 1 saturated heterocycles. The fourth-order valence-corrected chi connectivity index (χ4v) is 5.27. The summed E-state index contributed by atoms with van der Waals surface area (Å²) in [6.45, 7) is 4.61. The normalized spacial score (nSPS) is 14.4. The lowest BCUT2D eigenvalue weighted by molar-refractivity contribution is -0.118. The van der Waals surface area contributed by atoms with E-state index < -0.39 is 0 Å². The van der Waals surface area contributed by atoms with Crippen LogP contribution in [0.25, 0.3) is 21.9 Å². The van der Waals surface area contributed by atoms with Crippen LogP contribution in [0.15, 0.2) is 71.1 Å². The zero-order valence-corrected chi connectivity index (χ0v) is 21.4. The number of anilines is 1. The second kappa shape index (κ2) is 11.0. The third-order valence-electron chi connectivity index (χ3n) is 7.12. The van der Waals surface area contributed by atoms with Gasteiger partial charge in [0.05, 0.1) is 19.3 Å². The Morgan fingerprint density at radius 1 is 1.00 bits per heavy atom. The fourth-order valence-electron chi connectivity index (χ4n) is 5.27. The van der Waals surface area contributed by atoms with Crippen molar-refractivity contribution in [2.75, 3.05) is 38.6 Å². The van der Waals surface area contributed by atoms with Gasteiger partial charge in [0.1, 0.15) is 16.9 Å². The summed E-state index contributed by atoms with van der Waals surface area (Å²) in [6.07, 6.45) is 2.64. The van der Waals surface area contributed by atoms with E-state index in [-0.39, 0.29) is 24.4 Å². The molecule has 0 saturated carbocycles. The van der Waals surface area contributed by atoms with Crippen LogP contribution < -0.4 is 10.1 Å². The van der Waals surface area contributed by atoms with Crippen LogP contribution in [0, 0.1) is 0 Å². The minimum absolute atomic E-state index is 0.0758. The number of nitrogens with one attached hydrogen (secondary N) is 1. The topological polar surface area (TPSA) is 75.0 Å². The molecule has 1 fully saturated rings. The van der Waals surface area contributed by atoms with Gasteiger partial charge in [-0.15, -0.1) is 0 Å². The van der Waals surface area contributed by atoms with Crippen LogP contribution in [-0.4, -0.2) is 60.9 Å². The summed E-state index contributed by atoms with van der Waals surface area (Å²) >= 11 is 0. The van der Waals surface area contributed by atoms with Crippen LogP contribution >= 0.6 is 0 Å². The molecule has 37 heavy (non-hydrogen) atoms. The number of para-hydroxylation sites is 1. The average molecular weight is 500 g/mol. The number of piperidine rings is 1. The maximum atomic E-state index is 13.2. The number of benzene rings is 3. The molecule has 7 nitrogen and oxygen atoms in total. The number of hydrogen-bond acceptors (Lipinski definition) is 5. The summed E-state index contributed by atoms with van der Waals surface area (Å²) in [7, 11) is 1.60. The number of carbonyl (C=O) groups excluding carboxylic acids is 2. The molecule has 192 valence electrons. The van der Waals surface area contributed by atoms with Gasteiger partial charge in [-0.1, -0.05) is 43.3 Å². The van der Waals surface area contributed by atoms with E-state index in [1.54, 1.807) is 7.11 Å². The lowest BCUT2D eigenvalue weighted by Crippen LogP contribution is -2.49. The number of ether oxygens (including phenoxy) is 1. The smallest absolute Gasteiger partial charge is 0.253 e. The predicted molar refractivity (Wildman–Crippen MR) is 146 cm³/mol. The zero-order valence-electron chi connectivity index (χ0n) is 21.4. The minimum atomic E-state index is -0.0926. The molecular weight excluding hydrogens is 466 g/mol. The molecule has 2 amide bonds. The van der Waals surface area contributed by atoms with Crippen LogP contribution in [0.2, 0.25) is 0 Å². The lowest BCUT2D eigenvalue weighted by atomic mass is 10.0. The summed E-state index contributed by atoms with van der Waals surface area (Å²) in [5.41, 5.74) is 2.83. The Bertz CT molecular complexity index is 1390. The van der Waals surface area contributed by atoms with Crippen molar-refractivity contribution in [3.63, 3.8) is 0 Å². The van der Waals surface area contributed by atoms with Gasteiger partial charge >= 0.3 is 0 Å². The van der Waals surface area contributed by atoms with Crippen molar-refractivity contribution >= 4 is 39.4 Å². The van der Waals surface area contributed by atoms with Crippen molar-refractivity contribution in [2.45, 2.75) is 32.2 Å². The van der Waals surface area contributed by atoms with Gasteiger partial charge in [0.25, 0.3) is 5.91 Å². The van der Waals surface area contributed by atoms with Crippen LogP contribution in [0.5, 0.6) is 5.75 Å². The van der Waals surface area contributed by atoms with Crippen LogP contribution in [0.1, 0.15) is 36.5 Å². The highest BCUT2D eigenvalue weighted by Crippen LogP contribution is 2.36. The van der Waals surface area contributed by atoms with Gasteiger partial charge < -0.3 is 19.4 Å². The number of rotatable bonds is 8. The summed E-state index contributed by atoms with van der Waals surface area (Å²) < 4.78 is 11.6. The Morgan fingerprint density at radius 3 is 2.46 bits per heavy atom. The number of fused-ring (bicyclic) bond motifs is 3. The van der Waals surface area contributed by atoms with E-state index >= 15 is 0 Å². The quantitative estimate of drug-likeness (QED) is 0.344. The summed E-state index contributed by atoms with van der Waals surface area (Å²) in [5.74, 6) is 0.582. The maximum absolute atomic E-state index is 13.2. The van der Waals surface area contributed by atoms with E-state index in [1.165, 1.54) is 0 Å². The molecule has 5 rings (SSSR count). The first-order chi connectivity index (χ1) is 18.1. The third kappa shape index (κ3) is 5.32. The molecule has 1 aliphatic heterocycles. The molecule has 0 atom stereocenters. The lowest BCUT2D eigenvalue weighted by Gasteiger charge is -2.38. The van der Waals surface area contributed by atoms with Gasteiger partial charge in [0.2, 0.25) is 5.91 Å². The van der Waals surface area contributed by atoms with Gasteiger partial charge in [0.15, 0.2) is 0 Å². The Kier molecular flexibility index (Phi) is 7.42. The number of amides is 2. The number of hydrogen-bond donors (Lipinski definition) is 1.